The van der Waals surface area contributed by atoms with Gasteiger partial charge in [-0.25, -0.2) is 0 Å². The molecule has 5 nitrogen and oxygen atoms in total. The molecule has 0 radical (unpaired) electrons. The second-order valence-electron chi connectivity index (χ2n) is 12.2. The van der Waals surface area contributed by atoms with Crippen molar-refractivity contribution in [2.75, 3.05) is 0 Å². The Hall–Kier alpha value is -5.51. The first-order valence-corrected chi connectivity index (χ1v) is 16.0. The number of aromatic nitrogens is 1. The summed E-state index contributed by atoms with van der Waals surface area (Å²) >= 11 is 0. The van der Waals surface area contributed by atoms with Gasteiger partial charge in [-0.3, -0.25) is 4.79 Å². The molecule has 1 heterocycles. The predicted molar refractivity (Wildman–Crippen MR) is 188 cm³/mol. The van der Waals surface area contributed by atoms with Gasteiger partial charge in [0.25, 0.3) is 5.91 Å². The number of aryl methyl sites for hydroxylation is 1. The SMILES string of the molecule is Cc1c(C)n(Cc2ccc(-c3ccccc3)cc2)c2ccc(C(=O)N[C@@H](Cc3ccccc3)c3cccc(C(C)C)c3)cc12.O=C=O. The number of carbonyl (C=O) groups is 1. The lowest BCUT2D eigenvalue weighted by Crippen LogP contribution is -2.30. The van der Waals surface area contributed by atoms with Crippen molar-refractivity contribution in [3.8, 4) is 11.1 Å². The van der Waals surface area contributed by atoms with E-state index in [4.69, 9.17) is 9.59 Å². The molecule has 0 unspecified atom stereocenters. The molecule has 0 spiro atoms. The van der Waals surface area contributed by atoms with Crippen LogP contribution in [0.1, 0.15) is 69.7 Å². The molecule has 1 N–H and O–H groups in total. The number of rotatable bonds is 9. The Kier molecular flexibility index (Phi) is 10.6. The second-order valence-corrected chi connectivity index (χ2v) is 12.2. The average Bonchev–Trinajstić information content (AvgIpc) is 3.33. The second kappa shape index (κ2) is 15.2. The van der Waals surface area contributed by atoms with Crippen molar-refractivity contribution < 1.29 is 14.4 Å². The van der Waals surface area contributed by atoms with Gasteiger partial charge in [-0.1, -0.05) is 123 Å². The molecule has 1 atom stereocenters. The third-order valence-corrected chi connectivity index (χ3v) is 8.87. The Morgan fingerprint density at radius 2 is 1.32 bits per heavy atom. The maximum absolute atomic E-state index is 13.8. The lowest BCUT2D eigenvalue weighted by atomic mass is 9.94. The van der Waals surface area contributed by atoms with Crippen LogP contribution in [0.2, 0.25) is 0 Å². The van der Waals surface area contributed by atoms with Crippen LogP contribution in [0.5, 0.6) is 0 Å². The van der Waals surface area contributed by atoms with E-state index in [0.29, 0.717) is 11.5 Å². The summed E-state index contributed by atoms with van der Waals surface area (Å²) in [6.07, 6.45) is 0.980. The highest BCUT2D eigenvalue weighted by atomic mass is 16.2. The molecular formula is C42H40N2O3. The van der Waals surface area contributed by atoms with Crippen molar-refractivity contribution >= 4 is 23.0 Å². The van der Waals surface area contributed by atoms with Crippen molar-refractivity contribution in [3.63, 3.8) is 0 Å². The Balaban J connectivity index is 0.00000139. The largest absolute Gasteiger partial charge is 0.373 e. The van der Waals surface area contributed by atoms with Crippen LogP contribution in [0.4, 0.5) is 0 Å². The zero-order chi connectivity index (χ0) is 33.3. The molecule has 0 bridgehead atoms. The van der Waals surface area contributed by atoms with Crippen LogP contribution in [0.15, 0.2) is 127 Å². The molecule has 0 saturated heterocycles. The van der Waals surface area contributed by atoms with Gasteiger partial charge in [0.15, 0.2) is 0 Å². The molecule has 47 heavy (non-hydrogen) atoms. The van der Waals surface area contributed by atoms with E-state index in [-0.39, 0.29) is 18.1 Å². The van der Waals surface area contributed by atoms with Crippen LogP contribution in [-0.2, 0) is 22.6 Å². The fourth-order valence-corrected chi connectivity index (χ4v) is 6.09. The van der Waals surface area contributed by atoms with Crippen molar-refractivity contribution in [3.05, 3.63) is 166 Å². The number of nitrogens with one attached hydrogen (secondary N) is 1. The first-order chi connectivity index (χ1) is 22.8. The summed E-state index contributed by atoms with van der Waals surface area (Å²) in [5, 5.41) is 4.51. The Labute approximate surface area is 276 Å². The Morgan fingerprint density at radius 1 is 0.702 bits per heavy atom. The van der Waals surface area contributed by atoms with Crippen LogP contribution < -0.4 is 5.32 Å². The maximum atomic E-state index is 13.8. The summed E-state index contributed by atoms with van der Waals surface area (Å²) in [6, 6.07) is 44.3. The summed E-state index contributed by atoms with van der Waals surface area (Å²) in [7, 11) is 0. The smallest absolute Gasteiger partial charge is 0.345 e. The van der Waals surface area contributed by atoms with Crippen molar-refractivity contribution in [2.45, 2.75) is 52.6 Å². The van der Waals surface area contributed by atoms with Gasteiger partial charge in [-0.2, -0.15) is 9.59 Å². The van der Waals surface area contributed by atoms with Gasteiger partial charge in [0.1, 0.15) is 0 Å². The number of benzene rings is 5. The lowest BCUT2D eigenvalue weighted by molar-refractivity contribution is -0.191. The summed E-state index contributed by atoms with van der Waals surface area (Å²) in [4.78, 5) is 30.1. The summed E-state index contributed by atoms with van der Waals surface area (Å²) in [5.74, 6) is 0.367. The van der Waals surface area contributed by atoms with E-state index in [0.717, 1.165) is 29.4 Å². The van der Waals surface area contributed by atoms with Crippen LogP contribution in [0.25, 0.3) is 22.0 Å². The van der Waals surface area contributed by atoms with Crippen molar-refractivity contribution in [1.29, 1.82) is 0 Å². The van der Waals surface area contributed by atoms with E-state index in [1.54, 1.807) is 0 Å². The molecule has 236 valence electrons. The monoisotopic (exact) mass is 620 g/mol. The highest BCUT2D eigenvalue weighted by molar-refractivity contribution is 5.99. The minimum absolute atomic E-state index is 0.0518. The van der Waals surface area contributed by atoms with Crippen LogP contribution in [0.3, 0.4) is 0 Å². The number of hydrogen-bond acceptors (Lipinski definition) is 3. The van der Waals surface area contributed by atoms with Gasteiger partial charge in [0, 0.05) is 28.7 Å². The van der Waals surface area contributed by atoms with Crippen LogP contribution >= 0.6 is 0 Å². The lowest BCUT2D eigenvalue weighted by Gasteiger charge is -2.21. The minimum Gasteiger partial charge on any atom is -0.345 e. The molecule has 0 aliphatic rings. The quantitative estimate of drug-likeness (QED) is 0.175. The molecule has 6 aromatic rings. The predicted octanol–water partition coefficient (Wildman–Crippen LogP) is 9.23. The van der Waals surface area contributed by atoms with Gasteiger partial charge < -0.3 is 9.88 Å². The summed E-state index contributed by atoms with van der Waals surface area (Å²) < 4.78 is 2.36. The molecule has 1 aromatic heterocycles. The van der Waals surface area contributed by atoms with Crippen molar-refractivity contribution in [2.24, 2.45) is 0 Å². The van der Waals surface area contributed by atoms with E-state index >= 15 is 0 Å². The molecule has 1 amide bonds. The van der Waals surface area contributed by atoms with Gasteiger partial charge in [0.2, 0.25) is 0 Å². The van der Waals surface area contributed by atoms with Crippen LogP contribution in [0, 0.1) is 13.8 Å². The molecule has 5 heteroatoms. The number of hydrogen-bond donors (Lipinski definition) is 1. The molecule has 0 aliphatic heterocycles. The average molecular weight is 621 g/mol. The summed E-state index contributed by atoms with van der Waals surface area (Å²) in [5.41, 5.74) is 11.6. The standard InChI is InChI=1S/C41H40N2O.CO2/c1-28(2)35-16-11-17-36(25-35)39(24-31-12-7-5-8-13-31)42-41(44)37-22-23-40-38(26-37)29(3)30(4)43(40)27-32-18-20-34(21-19-32)33-14-9-6-10-15-33;2-1-3/h5-23,25-26,28,39H,24,27H2,1-4H3,(H,42,44);/t39-;/m0./s1. The van der Waals surface area contributed by atoms with Gasteiger partial charge in [0.05, 0.1) is 6.04 Å². The Bertz CT molecular complexity index is 1990. The molecule has 0 fully saturated rings. The van der Waals surface area contributed by atoms with Gasteiger partial charge >= 0.3 is 6.15 Å². The van der Waals surface area contributed by atoms with E-state index in [2.05, 4.69) is 147 Å². The topological polar surface area (TPSA) is 68.2 Å². The third-order valence-electron chi connectivity index (χ3n) is 8.87. The maximum Gasteiger partial charge on any atom is 0.373 e. The number of nitrogens with zero attached hydrogens (tertiary/aromatic N) is 1. The fourth-order valence-electron chi connectivity index (χ4n) is 6.09. The zero-order valence-electron chi connectivity index (χ0n) is 27.4. The van der Waals surface area contributed by atoms with Crippen molar-refractivity contribution in [1.82, 2.24) is 9.88 Å². The Morgan fingerprint density at radius 3 is 1.98 bits per heavy atom. The number of carbonyl (C=O) groups excluding carboxylic acids is 3. The summed E-state index contributed by atoms with van der Waals surface area (Å²) in [6.45, 7) is 9.52. The van der Waals surface area contributed by atoms with Crippen LogP contribution in [-0.4, -0.2) is 16.6 Å². The first kappa shape index (κ1) is 32.9. The van der Waals surface area contributed by atoms with E-state index in [1.165, 1.54) is 39.1 Å². The number of amides is 1. The highest BCUT2D eigenvalue weighted by Crippen LogP contribution is 2.29. The van der Waals surface area contributed by atoms with E-state index in [9.17, 15) is 4.79 Å². The van der Waals surface area contributed by atoms with Gasteiger partial charge in [-0.05, 0) is 83.3 Å². The number of fused-ring (bicyclic) bond motifs is 1. The normalized spacial score (nSPS) is 11.4. The molecule has 5 aromatic carbocycles. The van der Waals surface area contributed by atoms with Gasteiger partial charge in [-0.15, -0.1) is 0 Å². The minimum atomic E-state index is -0.134. The molecule has 6 rings (SSSR count). The third kappa shape index (κ3) is 7.84. The fraction of sp³-hybridized carbons (Fsp3) is 0.190. The van der Waals surface area contributed by atoms with E-state index in [1.807, 2.05) is 18.2 Å². The molecular weight excluding hydrogens is 580 g/mol. The first-order valence-electron chi connectivity index (χ1n) is 16.0. The molecule has 0 aliphatic carbocycles. The highest BCUT2D eigenvalue weighted by Gasteiger charge is 2.19. The molecule has 0 saturated carbocycles. The van der Waals surface area contributed by atoms with E-state index < -0.39 is 0 Å². The zero-order valence-corrected chi connectivity index (χ0v) is 27.4.